The summed E-state index contributed by atoms with van der Waals surface area (Å²) in [6.07, 6.45) is 11.9. The number of terminal acetylenes is 1. The van der Waals surface area contributed by atoms with E-state index in [1.165, 1.54) is 19.3 Å². The van der Waals surface area contributed by atoms with Crippen molar-refractivity contribution in [3.63, 3.8) is 0 Å². The highest BCUT2D eigenvalue weighted by Gasteiger charge is 2.43. The molecule has 4 aliphatic heterocycles. The lowest BCUT2D eigenvalue weighted by Crippen LogP contribution is -2.53. The van der Waals surface area contributed by atoms with Crippen molar-refractivity contribution in [2.75, 3.05) is 50.8 Å². The van der Waals surface area contributed by atoms with Gasteiger partial charge in [-0.15, -0.1) is 6.42 Å². The number of halogens is 1. The van der Waals surface area contributed by atoms with Gasteiger partial charge in [0, 0.05) is 36.1 Å². The zero-order valence-electron chi connectivity index (χ0n) is 24.0. The van der Waals surface area contributed by atoms with Crippen molar-refractivity contribution < 1.29 is 14.6 Å². The maximum absolute atomic E-state index is 10.7. The largest absolute Gasteiger partial charge is 0.508 e. The molecule has 0 bridgehead atoms. The van der Waals surface area contributed by atoms with Crippen molar-refractivity contribution in [3.05, 3.63) is 47.0 Å². The zero-order chi connectivity index (χ0) is 29.1. The molecule has 2 atom stereocenters. The number of rotatable bonds is 4. The molecular weight excluding hydrogens is 562 g/mol. The molecule has 0 saturated carbocycles. The Kier molecular flexibility index (Phi) is 6.52. The van der Waals surface area contributed by atoms with Gasteiger partial charge in [0.05, 0.1) is 27.5 Å². The Hall–Kier alpha value is -3.77. The maximum atomic E-state index is 10.7. The van der Waals surface area contributed by atoms with Gasteiger partial charge in [-0.3, -0.25) is 4.90 Å². The molecular formula is C34H34ClN5O3. The van der Waals surface area contributed by atoms with Gasteiger partial charge in [0.15, 0.2) is 5.75 Å². The Morgan fingerprint density at radius 1 is 1.09 bits per heavy atom. The third-order valence-corrected chi connectivity index (χ3v) is 10.2. The molecule has 3 fully saturated rings. The summed E-state index contributed by atoms with van der Waals surface area (Å²) < 4.78 is 13.0. The lowest BCUT2D eigenvalue weighted by molar-refractivity contribution is 0.0388. The van der Waals surface area contributed by atoms with Crippen molar-refractivity contribution in [1.82, 2.24) is 20.2 Å². The number of aromatic hydroxyl groups is 1. The van der Waals surface area contributed by atoms with E-state index >= 15 is 0 Å². The molecule has 3 saturated heterocycles. The summed E-state index contributed by atoms with van der Waals surface area (Å²) in [6, 6.07) is 11.6. The van der Waals surface area contributed by atoms with Gasteiger partial charge in [-0.1, -0.05) is 36.1 Å². The van der Waals surface area contributed by atoms with Gasteiger partial charge in [0.1, 0.15) is 24.8 Å². The van der Waals surface area contributed by atoms with E-state index in [1.807, 2.05) is 24.3 Å². The lowest BCUT2D eigenvalue weighted by atomic mass is 9.87. The quantitative estimate of drug-likeness (QED) is 0.305. The highest BCUT2D eigenvalue weighted by Crippen LogP contribution is 2.48. The Morgan fingerprint density at radius 2 is 1.98 bits per heavy atom. The Balaban J connectivity index is 1.32. The predicted molar refractivity (Wildman–Crippen MR) is 169 cm³/mol. The molecule has 8 nitrogen and oxygen atoms in total. The summed E-state index contributed by atoms with van der Waals surface area (Å²) in [5.74, 6) is 4.27. The first-order valence-corrected chi connectivity index (χ1v) is 15.7. The Morgan fingerprint density at radius 3 is 2.88 bits per heavy atom. The van der Waals surface area contributed by atoms with Crippen molar-refractivity contribution in [2.24, 2.45) is 0 Å². The molecule has 4 aliphatic rings. The summed E-state index contributed by atoms with van der Waals surface area (Å²) >= 11 is 7.22. The molecule has 0 aliphatic carbocycles. The van der Waals surface area contributed by atoms with Crippen LogP contribution in [0.2, 0.25) is 5.02 Å². The molecule has 220 valence electrons. The van der Waals surface area contributed by atoms with E-state index in [-0.39, 0.29) is 17.3 Å². The minimum atomic E-state index is 0.0633. The van der Waals surface area contributed by atoms with Crippen molar-refractivity contribution in [1.29, 1.82) is 0 Å². The van der Waals surface area contributed by atoms with Gasteiger partial charge >= 0.3 is 6.01 Å². The monoisotopic (exact) mass is 595 g/mol. The fourth-order valence-corrected chi connectivity index (χ4v) is 8.04. The van der Waals surface area contributed by atoms with Crippen LogP contribution in [0.5, 0.6) is 17.5 Å². The highest BCUT2D eigenvalue weighted by molar-refractivity contribution is 6.37. The van der Waals surface area contributed by atoms with Crippen LogP contribution < -0.4 is 19.7 Å². The molecule has 0 spiro atoms. The summed E-state index contributed by atoms with van der Waals surface area (Å²) in [4.78, 5) is 15.0. The van der Waals surface area contributed by atoms with Gasteiger partial charge < -0.3 is 24.8 Å². The Bertz CT molecular complexity index is 1810. The number of aromatic nitrogens is 2. The zero-order valence-corrected chi connectivity index (χ0v) is 24.8. The van der Waals surface area contributed by atoms with Crippen LogP contribution in [-0.4, -0.2) is 77.5 Å². The first-order valence-electron chi connectivity index (χ1n) is 15.3. The van der Waals surface area contributed by atoms with Gasteiger partial charge in [-0.2, -0.15) is 9.97 Å². The molecule has 0 amide bonds. The second kappa shape index (κ2) is 10.4. The average molecular weight is 596 g/mol. The second-order valence-corrected chi connectivity index (χ2v) is 12.6. The molecule has 3 aromatic carbocycles. The number of hydrogen-bond acceptors (Lipinski definition) is 8. The molecule has 4 aromatic rings. The van der Waals surface area contributed by atoms with Crippen LogP contribution in [0, 0.1) is 12.3 Å². The number of ether oxygens (including phenoxy) is 2. The third kappa shape index (κ3) is 4.36. The number of piperazine rings is 1. The van der Waals surface area contributed by atoms with Crippen LogP contribution >= 0.6 is 11.6 Å². The summed E-state index contributed by atoms with van der Waals surface area (Å²) in [6.45, 7) is 5.72. The minimum Gasteiger partial charge on any atom is -0.508 e. The lowest BCUT2D eigenvalue weighted by Gasteiger charge is -2.41. The van der Waals surface area contributed by atoms with E-state index in [2.05, 4.69) is 21.0 Å². The fraction of sp³-hybridized carbons (Fsp3) is 0.412. The summed E-state index contributed by atoms with van der Waals surface area (Å²) in [5, 5.41) is 17.1. The number of hydrogen-bond donors (Lipinski definition) is 2. The van der Waals surface area contributed by atoms with E-state index < -0.39 is 0 Å². The number of phenolic OH excluding ortho intramolecular Hbond substituents is 1. The first-order chi connectivity index (χ1) is 21.0. The molecule has 2 unspecified atom stereocenters. The molecule has 2 N–H and O–H groups in total. The predicted octanol–water partition coefficient (Wildman–Crippen LogP) is 5.36. The molecule has 9 heteroatoms. The number of nitrogens with zero attached hydrogens (tertiary/aromatic N) is 4. The minimum absolute atomic E-state index is 0.0633. The van der Waals surface area contributed by atoms with E-state index in [0.717, 1.165) is 78.7 Å². The molecule has 5 heterocycles. The smallest absolute Gasteiger partial charge is 0.319 e. The van der Waals surface area contributed by atoms with Gasteiger partial charge in [0.25, 0.3) is 0 Å². The standard InChI is InChI=1S/C34H34ClN5O3/c1-2-21-7-5-8-22-15-24(41)16-25(28(21)22)26-17-27-29-31(30(26)35)42-19-23-18-36-11-14-40(23)32(29)38-33(37-27)43-20-34-9-3-4-12-39(34)13-6-10-34/h1,5,7-8,15-17,23,36,41H,3-4,6,9-14,18-20H2. The molecule has 0 radical (unpaired) electrons. The topological polar surface area (TPSA) is 83.0 Å². The SMILES string of the molecule is C#Cc1cccc2cc(O)cc(-c3cc4nc(OCC56CCCCN5CCC6)nc5c4c(c3Cl)OCC3CNCCN53)c12. The van der Waals surface area contributed by atoms with Crippen LogP contribution in [-0.2, 0) is 0 Å². The van der Waals surface area contributed by atoms with Crippen LogP contribution in [0.3, 0.4) is 0 Å². The Labute approximate surface area is 256 Å². The molecule has 43 heavy (non-hydrogen) atoms. The van der Waals surface area contributed by atoms with Gasteiger partial charge in [0.2, 0.25) is 0 Å². The van der Waals surface area contributed by atoms with Gasteiger partial charge in [-0.25, -0.2) is 0 Å². The average Bonchev–Trinajstić information content (AvgIpc) is 3.39. The molecule has 8 rings (SSSR count). The molecule has 1 aromatic heterocycles. The number of fused-ring (bicyclic) bond motifs is 4. The fourth-order valence-electron chi connectivity index (χ4n) is 7.73. The van der Waals surface area contributed by atoms with E-state index in [4.69, 9.17) is 37.5 Å². The van der Waals surface area contributed by atoms with Crippen molar-refractivity contribution in [3.8, 4) is 41.0 Å². The first kappa shape index (κ1) is 26.8. The number of nitrogens with one attached hydrogen (secondary N) is 1. The number of anilines is 1. The van der Waals surface area contributed by atoms with E-state index in [0.29, 0.717) is 41.1 Å². The second-order valence-electron chi connectivity index (χ2n) is 12.3. The normalized spacial score (nSPS) is 23.3. The summed E-state index contributed by atoms with van der Waals surface area (Å²) in [7, 11) is 0. The van der Waals surface area contributed by atoms with Gasteiger partial charge in [-0.05, 0) is 74.0 Å². The number of phenols is 1. The van der Waals surface area contributed by atoms with Crippen LogP contribution in [0.25, 0.3) is 32.8 Å². The maximum Gasteiger partial charge on any atom is 0.319 e. The van der Waals surface area contributed by atoms with Crippen molar-refractivity contribution >= 4 is 39.1 Å². The summed E-state index contributed by atoms with van der Waals surface area (Å²) in [5.41, 5.74) is 2.89. The van der Waals surface area contributed by atoms with E-state index in [9.17, 15) is 5.11 Å². The number of piperidine rings is 1. The van der Waals surface area contributed by atoms with E-state index in [1.54, 1.807) is 12.1 Å². The number of benzene rings is 3. The third-order valence-electron chi connectivity index (χ3n) is 9.82. The van der Waals surface area contributed by atoms with Crippen LogP contribution in [0.1, 0.15) is 37.7 Å². The van der Waals surface area contributed by atoms with Crippen LogP contribution in [0.4, 0.5) is 5.82 Å². The van der Waals surface area contributed by atoms with Crippen LogP contribution in [0.15, 0.2) is 36.4 Å². The highest BCUT2D eigenvalue weighted by atomic mass is 35.5. The van der Waals surface area contributed by atoms with Crippen molar-refractivity contribution in [2.45, 2.75) is 43.7 Å².